The van der Waals surface area contributed by atoms with Crippen molar-refractivity contribution in [3.63, 3.8) is 0 Å². The van der Waals surface area contributed by atoms with Gasteiger partial charge in [0.2, 0.25) is 0 Å². The molecule has 2 N–H and O–H groups in total. The van der Waals surface area contributed by atoms with Crippen LogP contribution in [-0.4, -0.2) is 16.9 Å². The molecule has 0 amide bonds. The van der Waals surface area contributed by atoms with Gasteiger partial charge >= 0.3 is 0 Å². The summed E-state index contributed by atoms with van der Waals surface area (Å²) in [6.07, 6.45) is 2.42. The number of aromatic nitrogens is 2. The molecule has 0 radical (unpaired) electrons. The fourth-order valence-corrected chi connectivity index (χ4v) is 2.45. The molecule has 1 unspecified atom stereocenters. The van der Waals surface area contributed by atoms with Gasteiger partial charge in [0.1, 0.15) is 0 Å². The first-order chi connectivity index (χ1) is 8.63. The summed E-state index contributed by atoms with van der Waals surface area (Å²) in [6.45, 7) is 0. The molecule has 1 aromatic heterocycles. The van der Waals surface area contributed by atoms with Gasteiger partial charge in [-0.3, -0.25) is 4.68 Å². The van der Waals surface area contributed by atoms with E-state index in [1.807, 2.05) is 25.2 Å². The zero-order chi connectivity index (χ0) is 13.1. The molecule has 96 valence electrons. The second kappa shape index (κ2) is 5.54. The Balaban J connectivity index is 2.24. The van der Waals surface area contributed by atoms with Gasteiger partial charge in [-0.2, -0.15) is 5.10 Å². The fourth-order valence-electron chi connectivity index (χ4n) is 2.00. The Hall–Kier alpha value is -1.33. The molecule has 0 fully saturated rings. The summed E-state index contributed by atoms with van der Waals surface area (Å²) in [6, 6.07) is 7.93. The van der Waals surface area contributed by atoms with Crippen molar-refractivity contribution in [1.29, 1.82) is 0 Å². The molecule has 1 atom stereocenters. The van der Waals surface area contributed by atoms with Crippen molar-refractivity contribution in [3.05, 3.63) is 46.2 Å². The highest BCUT2D eigenvalue weighted by Gasteiger charge is 2.18. The Morgan fingerprint density at radius 1 is 1.44 bits per heavy atom. The molecule has 0 aliphatic heterocycles. The van der Waals surface area contributed by atoms with Crippen molar-refractivity contribution in [3.8, 4) is 5.75 Å². The standard InChI is InChI=1S/C13H16BrN3O/c1-17-13(12(18-2)8-16-17)11(15)7-9-5-3-4-6-10(9)14/h3-6,8,11H,7,15H2,1-2H3. The van der Waals surface area contributed by atoms with Crippen molar-refractivity contribution in [2.24, 2.45) is 12.8 Å². The van der Waals surface area contributed by atoms with Gasteiger partial charge in [0, 0.05) is 11.5 Å². The Morgan fingerprint density at radius 2 is 2.17 bits per heavy atom. The Morgan fingerprint density at radius 3 is 2.83 bits per heavy atom. The molecule has 0 aliphatic carbocycles. The summed E-state index contributed by atoms with van der Waals surface area (Å²) < 4.78 is 8.12. The number of halogens is 1. The minimum absolute atomic E-state index is 0.147. The first-order valence-electron chi connectivity index (χ1n) is 5.68. The van der Waals surface area contributed by atoms with Crippen LogP contribution in [0.1, 0.15) is 17.3 Å². The molecule has 1 heterocycles. The molecule has 0 saturated carbocycles. The van der Waals surface area contributed by atoms with Gasteiger partial charge in [-0.15, -0.1) is 0 Å². The normalized spacial score (nSPS) is 12.4. The number of hydrogen-bond donors (Lipinski definition) is 1. The lowest BCUT2D eigenvalue weighted by Crippen LogP contribution is -2.18. The smallest absolute Gasteiger partial charge is 0.161 e. The third kappa shape index (κ3) is 2.57. The molecule has 2 rings (SSSR count). The van der Waals surface area contributed by atoms with Gasteiger partial charge in [0.15, 0.2) is 5.75 Å². The molecule has 18 heavy (non-hydrogen) atoms. The predicted octanol–water partition coefficient (Wildman–Crippen LogP) is 2.43. The largest absolute Gasteiger partial charge is 0.493 e. The maximum atomic E-state index is 6.26. The van der Waals surface area contributed by atoms with E-state index in [-0.39, 0.29) is 6.04 Å². The van der Waals surface area contributed by atoms with E-state index in [1.54, 1.807) is 18.0 Å². The summed E-state index contributed by atoms with van der Waals surface area (Å²) in [4.78, 5) is 0. The fraction of sp³-hybridized carbons (Fsp3) is 0.308. The molecule has 0 spiro atoms. The average molecular weight is 310 g/mol. The highest BCUT2D eigenvalue weighted by molar-refractivity contribution is 9.10. The van der Waals surface area contributed by atoms with E-state index >= 15 is 0 Å². The minimum atomic E-state index is -0.147. The highest BCUT2D eigenvalue weighted by atomic mass is 79.9. The van der Waals surface area contributed by atoms with E-state index in [9.17, 15) is 0 Å². The predicted molar refractivity (Wildman–Crippen MR) is 74.5 cm³/mol. The first kappa shape index (κ1) is 13.1. The molecule has 2 aromatic rings. The van der Waals surface area contributed by atoms with Gasteiger partial charge < -0.3 is 10.5 Å². The van der Waals surface area contributed by atoms with Gasteiger partial charge in [-0.1, -0.05) is 34.1 Å². The zero-order valence-electron chi connectivity index (χ0n) is 10.4. The van der Waals surface area contributed by atoms with E-state index in [0.717, 1.165) is 22.3 Å². The van der Waals surface area contributed by atoms with Crippen LogP contribution in [0.3, 0.4) is 0 Å². The summed E-state index contributed by atoms with van der Waals surface area (Å²) in [7, 11) is 3.50. The summed E-state index contributed by atoms with van der Waals surface area (Å²) in [5.41, 5.74) is 8.34. The third-order valence-corrected chi connectivity index (χ3v) is 3.69. The lowest BCUT2D eigenvalue weighted by Gasteiger charge is -2.14. The number of hydrogen-bond acceptors (Lipinski definition) is 3. The molecule has 0 saturated heterocycles. The van der Waals surface area contributed by atoms with Crippen LogP contribution in [0.4, 0.5) is 0 Å². The number of aryl methyl sites for hydroxylation is 1. The number of nitrogens with two attached hydrogens (primary N) is 1. The molecule has 0 aliphatic rings. The monoisotopic (exact) mass is 309 g/mol. The third-order valence-electron chi connectivity index (χ3n) is 2.92. The highest BCUT2D eigenvalue weighted by Crippen LogP contribution is 2.27. The van der Waals surface area contributed by atoms with E-state index in [4.69, 9.17) is 10.5 Å². The van der Waals surface area contributed by atoms with Crippen LogP contribution in [-0.2, 0) is 13.5 Å². The lowest BCUT2D eigenvalue weighted by molar-refractivity contribution is 0.402. The Kier molecular flexibility index (Phi) is 4.04. The van der Waals surface area contributed by atoms with Crippen molar-refractivity contribution >= 4 is 15.9 Å². The summed E-state index contributed by atoms with van der Waals surface area (Å²) >= 11 is 3.53. The number of ether oxygens (including phenoxy) is 1. The average Bonchev–Trinajstić information content (AvgIpc) is 2.73. The quantitative estimate of drug-likeness (QED) is 0.943. The van der Waals surface area contributed by atoms with Crippen molar-refractivity contribution in [2.75, 3.05) is 7.11 Å². The second-order valence-electron chi connectivity index (χ2n) is 4.12. The summed E-state index contributed by atoms with van der Waals surface area (Å²) in [5.74, 6) is 0.733. The first-order valence-corrected chi connectivity index (χ1v) is 6.47. The zero-order valence-corrected chi connectivity index (χ0v) is 12.0. The molecule has 4 nitrogen and oxygen atoms in total. The number of nitrogens with zero attached hydrogens (tertiary/aromatic N) is 2. The van der Waals surface area contributed by atoms with Crippen molar-refractivity contribution < 1.29 is 4.74 Å². The molecular formula is C13H16BrN3O. The van der Waals surface area contributed by atoms with E-state index in [2.05, 4.69) is 27.1 Å². The van der Waals surface area contributed by atoms with Crippen molar-refractivity contribution in [2.45, 2.75) is 12.5 Å². The second-order valence-corrected chi connectivity index (χ2v) is 4.98. The number of methoxy groups -OCH3 is 1. The van der Waals surface area contributed by atoms with Crippen molar-refractivity contribution in [1.82, 2.24) is 9.78 Å². The van der Waals surface area contributed by atoms with E-state index in [0.29, 0.717) is 0 Å². The molecule has 1 aromatic carbocycles. The lowest BCUT2D eigenvalue weighted by atomic mass is 10.0. The number of rotatable bonds is 4. The van der Waals surface area contributed by atoms with Crippen LogP contribution < -0.4 is 10.5 Å². The van der Waals surface area contributed by atoms with E-state index < -0.39 is 0 Å². The SMILES string of the molecule is COc1cnn(C)c1C(N)Cc1ccccc1Br. The topological polar surface area (TPSA) is 53.1 Å². The number of benzene rings is 1. The Bertz CT molecular complexity index is 539. The van der Waals surface area contributed by atoms with Crippen LogP contribution in [0.25, 0.3) is 0 Å². The molecule has 0 bridgehead atoms. The van der Waals surface area contributed by atoms with Gasteiger partial charge in [0.05, 0.1) is 25.0 Å². The van der Waals surface area contributed by atoms with Crippen LogP contribution in [0, 0.1) is 0 Å². The molecular weight excluding hydrogens is 294 g/mol. The van der Waals surface area contributed by atoms with E-state index in [1.165, 1.54) is 5.56 Å². The maximum absolute atomic E-state index is 6.26. The Labute approximate surface area is 115 Å². The molecule has 5 heteroatoms. The van der Waals surface area contributed by atoms with Gasteiger partial charge in [-0.25, -0.2) is 0 Å². The van der Waals surface area contributed by atoms with Gasteiger partial charge in [0.25, 0.3) is 0 Å². The summed E-state index contributed by atoms with van der Waals surface area (Å²) in [5, 5.41) is 4.17. The van der Waals surface area contributed by atoms with Crippen LogP contribution in [0.2, 0.25) is 0 Å². The minimum Gasteiger partial charge on any atom is -0.493 e. The van der Waals surface area contributed by atoms with Crippen LogP contribution in [0.5, 0.6) is 5.75 Å². The van der Waals surface area contributed by atoms with Crippen LogP contribution in [0.15, 0.2) is 34.9 Å². The van der Waals surface area contributed by atoms with Gasteiger partial charge in [-0.05, 0) is 18.1 Å². The van der Waals surface area contributed by atoms with Crippen LogP contribution >= 0.6 is 15.9 Å². The maximum Gasteiger partial charge on any atom is 0.161 e.